The van der Waals surface area contributed by atoms with Gasteiger partial charge in [0.2, 0.25) is 0 Å². The van der Waals surface area contributed by atoms with E-state index >= 15 is 0 Å². The Morgan fingerprint density at radius 3 is 2.62 bits per heavy atom. The van der Waals surface area contributed by atoms with Gasteiger partial charge in [0.15, 0.2) is 0 Å². The van der Waals surface area contributed by atoms with Crippen LogP contribution in [-0.2, 0) is 0 Å². The summed E-state index contributed by atoms with van der Waals surface area (Å²) < 4.78 is 2.94. The first-order valence-electron chi connectivity index (χ1n) is 4.86. The Balaban J connectivity index is 3.11. The molecular weight excluding hydrogens is 197 g/mol. The predicted molar refractivity (Wildman–Crippen MR) is 68.0 cm³/mol. The van der Waals surface area contributed by atoms with Crippen LogP contribution >= 0.6 is 20.7 Å². The Bertz CT molecular complexity index is 139. The van der Waals surface area contributed by atoms with Gasteiger partial charge in [-0.25, -0.2) is 0 Å². The lowest BCUT2D eigenvalue weighted by Crippen LogP contribution is -2.00. The minimum Gasteiger partial charge on any atom is -0.263 e. The van der Waals surface area contributed by atoms with Crippen molar-refractivity contribution in [1.29, 1.82) is 0 Å². The van der Waals surface area contributed by atoms with Crippen LogP contribution in [-0.4, -0.2) is 19.1 Å². The van der Waals surface area contributed by atoms with Gasteiger partial charge in [0.25, 0.3) is 0 Å². The molecule has 1 unspecified atom stereocenters. The summed E-state index contributed by atoms with van der Waals surface area (Å²) in [6.07, 6.45) is 7.69. The Kier molecular flexibility index (Phi) is 9.39. The van der Waals surface area contributed by atoms with Crippen LogP contribution in [0.3, 0.4) is 0 Å². The molecule has 1 N–H and O–H groups in total. The number of allylic oxidation sites excluding steroid dienone is 1. The van der Waals surface area contributed by atoms with E-state index in [2.05, 4.69) is 37.7 Å². The fourth-order valence-electron chi connectivity index (χ4n) is 1.19. The SMILES string of the molecule is C=C(C)CCCCCP(C)CNS. The first-order valence-corrected chi connectivity index (χ1v) is 7.47. The van der Waals surface area contributed by atoms with E-state index in [1.165, 1.54) is 37.4 Å². The van der Waals surface area contributed by atoms with Crippen LogP contribution in [0.5, 0.6) is 0 Å². The van der Waals surface area contributed by atoms with Crippen LogP contribution in [0.4, 0.5) is 0 Å². The molecule has 0 aliphatic rings. The van der Waals surface area contributed by atoms with Gasteiger partial charge >= 0.3 is 0 Å². The second-order valence-corrected chi connectivity index (χ2v) is 6.46. The number of unbranched alkanes of at least 4 members (excludes halogenated alkanes) is 2. The summed E-state index contributed by atoms with van der Waals surface area (Å²) in [5, 5.41) is 0. The van der Waals surface area contributed by atoms with E-state index in [4.69, 9.17) is 0 Å². The van der Waals surface area contributed by atoms with Gasteiger partial charge in [-0.3, -0.25) is 4.72 Å². The van der Waals surface area contributed by atoms with Gasteiger partial charge in [0.05, 0.1) is 0 Å². The quantitative estimate of drug-likeness (QED) is 0.275. The number of hydrogen-bond acceptors (Lipinski definition) is 2. The van der Waals surface area contributed by atoms with Crippen molar-refractivity contribution in [2.75, 3.05) is 19.1 Å². The maximum Gasteiger partial charge on any atom is 0.0254 e. The standard InChI is InChI=1S/C10H22NPS/c1-10(2)7-5-4-6-8-12(3)9-11-13/h11,13H,1,4-9H2,2-3H3. The first-order chi connectivity index (χ1) is 6.16. The molecule has 0 spiro atoms. The molecule has 1 atom stereocenters. The second kappa shape index (κ2) is 9.05. The third-order valence-electron chi connectivity index (χ3n) is 1.98. The Morgan fingerprint density at radius 1 is 1.38 bits per heavy atom. The van der Waals surface area contributed by atoms with Crippen LogP contribution in [0.1, 0.15) is 32.6 Å². The van der Waals surface area contributed by atoms with Crippen LogP contribution in [0.2, 0.25) is 0 Å². The van der Waals surface area contributed by atoms with E-state index < -0.39 is 0 Å². The second-order valence-electron chi connectivity index (χ2n) is 3.66. The van der Waals surface area contributed by atoms with Gasteiger partial charge in [0.1, 0.15) is 0 Å². The number of hydrogen-bond donors (Lipinski definition) is 2. The zero-order valence-electron chi connectivity index (χ0n) is 8.84. The summed E-state index contributed by atoms with van der Waals surface area (Å²) >= 11 is 4.00. The lowest BCUT2D eigenvalue weighted by Gasteiger charge is -2.10. The molecule has 0 bridgehead atoms. The summed E-state index contributed by atoms with van der Waals surface area (Å²) in [6, 6.07) is 0. The van der Waals surface area contributed by atoms with E-state index in [9.17, 15) is 0 Å². The van der Waals surface area contributed by atoms with Crippen molar-refractivity contribution in [3.05, 3.63) is 12.2 Å². The largest absolute Gasteiger partial charge is 0.263 e. The molecule has 0 saturated heterocycles. The predicted octanol–water partition coefficient (Wildman–Crippen LogP) is 3.63. The average Bonchev–Trinajstić information content (AvgIpc) is 2.03. The van der Waals surface area contributed by atoms with E-state index in [-0.39, 0.29) is 7.92 Å². The average molecular weight is 219 g/mol. The zero-order chi connectivity index (χ0) is 10.1. The van der Waals surface area contributed by atoms with Gasteiger partial charge < -0.3 is 0 Å². The van der Waals surface area contributed by atoms with E-state index in [1.807, 2.05) is 0 Å². The highest BCUT2D eigenvalue weighted by atomic mass is 32.1. The van der Waals surface area contributed by atoms with Gasteiger partial charge in [-0.1, -0.05) is 32.7 Å². The highest BCUT2D eigenvalue weighted by molar-refractivity contribution is 7.78. The van der Waals surface area contributed by atoms with Crippen molar-refractivity contribution in [3.63, 3.8) is 0 Å². The van der Waals surface area contributed by atoms with Crippen molar-refractivity contribution in [2.45, 2.75) is 32.6 Å². The number of thiol groups is 1. The van der Waals surface area contributed by atoms with Crippen LogP contribution < -0.4 is 4.72 Å². The van der Waals surface area contributed by atoms with Gasteiger partial charge in [0, 0.05) is 6.29 Å². The van der Waals surface area contributed by atoms with Crippen molar-refractivity contribution in [1.82, 2.24) is 4.72 Å². The summed E-state index contributed by atoms with van der Waals surface area (Å²) in [5.41, 5.74) is 1.32. The summed E-state index contributed by atoms with van der Waals surface area (Å²) in [7, 11) is 0.177. The molecule has 0 aromatic heterocycles. The van der Waals surface area contributed by atoms with E-state index in [0.29, 0.717) is 0 Å². The molecule has 0 aliphatic carbocycles. The first kappa shape index (κ1) is 13.5. The minimum absolute atomic E-state index is 0.177. The highest BCUT2D eigenvalue weighted by Gasteiger charge is 1.98. The van der Waals surface area contributed by atoms with Gasteiger partial charge in [-0.2, -0.15) is 0 Å². The molecule has 1 nitrogen and oxygen atoms in total. The molecular formula is C10H22NPS. The monoisotopic (exact) mass is 219 g/mol. The lowest BCUT2D eigenvalue weighted by molar-refractivity contribution is 0.717. The van der Waals surface area contributed by atoms with E-state index in [1.54, 1.807) is 0 Å². The molecule has 0 amide bonds. The van der Waals surface area contributed by atoms with Gasteiger partial charge in [-0.05, 0) is 39.0 Å². The summed E-state index contributed by atoms with van der Waals surface area (Å²) in [6.45, 7) is 8.34. The number of rotatable bonds is 8. The Hall–Kier alpha value is 0.480. The third kappa shape index (κ3) is 10.4. The third-order valence-corrected chi connectivity index (χ3v) is 4.17. The molecule has 3 heteroatoms. The van der Waals surface area contributed by atoms with E-state index in [0.717, 1.165) is 6.29 Å². The molecule has 0 aliphatic heterocycles. The molecule has 0 aromatic carbocycles. The van der Waals surface area contributed by atoms with Crippen LogP contribution in [0, 0.1) is 0 Å². The van der Waals surface area contributed by atoms with Gasteiger partial charge in [-0.15, -0.1) is 6.58 Å². The fraction of sp³-hybridized carbons (Fsp3) is 0.800. The molecule has 0 saturated carbocycles. The molecule has 78 valence electrons. The number of nitrogens with one attached hydrogen (secondary N) is 1. The maximum absolute atomic E-state index is 4.00. The summed E-state index contributed by atoms with van der Waals surface area (Å²) in [5.74, 6) is 0. The van der Waals surface area contributed by atoms with Crippen LogP contribution in [0.25, 0.3) is 0 Å². The van der Waals surface area contributed by atoms with Crippen molar-refractivity contribution < 1.29 is 0 Å². The summed E-state index contributed by atoms with van der Waals surface area (Å²) in [4.78, 5) is 0. The highest BCUT2D eigenvalue weighted by Crippen LogP contribution is 2.30. The molecule has 0 aromatic rings. The Labute approximate surface area is 89.7 Å². The molecule has 0 fully saturated rings. The van der Waals surface area contributed by atoms with Crippen molar-refractivity contribution in [3.8, 4) is 0 Å². The van der Waals surface area contributed by atoms with Crippen molar-refractivity contribution >= 4 is 20.7 Å². The molecule has 0 heterocycles. The fourth-order valence-corrected chi connectivity index (χ4v) is 3.07. The normalized spacial score (nSPS) is 12.8. The van der Waals surface area contributed by atoms with Crippen LogP contribution in [0.15, 0.2) is 12.2 Å². The maximum atomic E-state index is 4.00. The zero-order valence-corrected chi connectivity index (χ0v) is 10.6. The smallest absolute Gasteiger partial charge is 0.0254 e. The molecule has 0 radical (unpaired) electrons. The molecule has 13 heavy (non-hydrogen) atoms. The Morgan fingerprint density at radius 2 is 2.08 bits per heavy atom. The minimum atomic E-state index is 0.177. The van der Waals surface area contributed by atoms with Crippen molar-refractivity contribution in [2.24, 2.45) is 0 Å². The lowest BCUT2D eigenvalue weighted by atomic mass is 10.1. The topological polar surface area (TPSA) is 12.0 Å². The molecule has 0 rings (SSSR count).